The van der Waals surface area contributed by atoms with Gasteiger partial charge >= 0.3 is 5.97 Å². The molecule has 0 unspecified atom stereocenters. The molecular weight excluding hydrogens is 546 g/mol. The van der Waals surface area contributed by atoms with E-state index in [-0.39, 0.29) is 23.0 Å². The Morgan fingerprint density at radius 1 is 1.15 bits per heavy atom. The molecule has 0 bridgehead atoms. The number of methoxy groups -OCH3 is 1. The molecule has 0 fully saturated rings. The molecule has 1 atom stereocenters. The fraction of sp³-hybridized carbons (Fsp3) is 0.290. The Labute approximate surface area is 243 Å². The van der Waals surface area contributed by atoms with Crippen molar-refractivity contribution in [1.82, 2.24) is 9.66 Å². The van der Waals surface area contributed by atoms with E-state index in [1.165, 1.54) is 31.0 Å². The second-order valence-corrected chi connectivity index (χ2v) is 10.2. The topological polar surface area (TPSA) is 112 Å². The van der Waals surface area contributed by atoms with E-state index < -0.39 is 12.1 Å². The van der Waals surface area contributed by atoms with Gasteiger partial charge in [0.2, 0.25) is 0 Å². The van der Waals surface area contributed by atoms with Crippen LogP contribution in [0.15, 0.2) is 58.4 Å². The van der Waals surface area contributed by atoms with Crippen LogP contribution in [-0.2, 0) is 4.79 Å². The summed E-state index contributed by atoms with van der Waals surface area (Å²) in [7, 11) is 1.42. The smallest absolute Gasteiger partial charge is 0.344 e. The first-order valence-corrected chi connectivity index (χ1v) is 13.5. The molecule has 0 radical (unpaired) electrons. The predicted molar refractivity (Wildman–Crippen MR) is 160 cm³/mol. The van der Waals surface area contributed by atoms with E-state index in [2.05, 4.69) is 18.9 Å². The van der Waals surface area contributed by atoms with E-state index in [0.29, 0.717) is 33.9 Å². The van der Waals surface area contributed by atoms with Crippen LogP contribution in [0.2, 0.25) is 5.02 Å². The highest BCUT2D eigenvalue weighted by atomic mass is 35.5. The summed E-state index contributed by atoms with van der Waals surface area (Å²) in [5.41, 5.74) is 3.02. The van der Waals surface area contributed by atoms with Gasteiger partial charge < -0.3 is 19.3 Å². The Bertz CT molecular complexity index is 1700. The predicted octanol–water partition coefficient (Wildman–Crippen LogP) is 6.29. The number of rotatable bonds is 10. The Morgan fingerprint density at radius 2 is 1.88 bits per heavy atom. The monoisotopic (exact) mass is 577 g/mol. The minimum absolute atomic E-state index is 0.123. The van der Waals surface area contributed by atoms with Crippen LogP contribution in [-0.4, -0.2) is 46.8 Å². The number of halogens is 1. The van der Waals surface area contributed by atoms with Crippen molar-refractivity contribution in [3.8, 4) is 28.6 Å². The summed E-state index contributed by atoms with van der Waals surface area (Å²) in [6.07, 6.45) is 0.200. The zero-order chi connectivity index (χ0) is 29.8. The van der Waals surface area contributed by atoms with Crippen molar-refractivity contribution in [3.63, 3.8) is 0 Å². The average molecular weight is 578 g/mol. The van der Waals surface area contributed by atoms with E-state index in [4.69, 9.17) is 30.8 Å². The molecule has 1 aromatic heterocycles. The number of hydrogen-bond donors (Lipinski definition) is 1. The van der Waals surface area contributed by atoms with Gasteiger partial charge in [-0.25, -0.2) is 9.78 Å². The fourth-order valence-electron chi connectivity index (χ4n) is 4.39. The van der Waals surface area contributed by atoms with Crippen LogP contribution in [0, 0.1) is 6.92 Å². The number of aromatic nitrogens is 2. The number of carboxylic acid groups (broad SMARTS) is 1. The van der Waals surface area contributed by atoms with Gasteiger partial charge in [-0.2, -0.15) is 9.78 Å². The molecular formula is C31H32ClN3O6. The van der Waals surface area contributed by atoms with Gasteiger partial charge in [0.15, 0.2) is 23.4 Å². The Balaban J connectivity index is 1.98. The van der Waals surface area contributed by atoms with Crippen LogP contribution < -0.4 is 19.8 Å². The van der Waals surface area contributed by atoms with Crippen molar-refractivity contribution in [2.45, 2.75) is 46.6 Å². The van der Waals surface area contributed by atoms with Crippen LogP contribution >= 0.6 is 11.6 Å². The maximum Gasteiger partial charge on any atom is 0.344 e. The minimum Gasteiger partial charge on any atom is -0.494 e. The number of hydrogen-bond acceptors (Lipinski definition) is 7. The maximum absolute atomic E-state index is 13.8. The van der Waals surface area contributed by atoms with E-state index in [1.807, 2.05) is 32.0 Å². The standard InChI is InChI=1S/C31H32ClN3O6/c1-7-40-26-12-18(4)24(15-23(26)17(2)3)29-34-25-11-9-8-10-22(25)30(36)35(29)33-16-20-13-21(32)14-27(39-6)28(20)41-19(5)31(37)38/h8-17,19H,7H2,1-6H3,(H,37,38)/t19-/m1/s1. The first-order chi connectivity index (χ1) is 19.5. The number of para-hydroxylation sites is 1. The van der Waals surface area contributed by atoms with Crippen LogP contribution in [0.5, 0.6) is 17.2 Å². The number of aryl methyl sites for hydroxylation is 1. The van der Waals surface area contributed by atoms with Gasteiger partial charge in [-0.15, -0.1) is 0 Å². The van der Waals surface area contributed by atoms with Crippen LogP contribution in [0.3, 0.4) is 0 Å². The summed E-state index contributed by atoms with van der Waals surface area (Å²) in [4.78, 5) is 30.2. The number of fused-ring (bicyclic) bond motifs is 1. The van der Waals surface area contributed by atoms with Gasteiger partial charge in [0.25, 0.3) is 5.56 Å². The van der Waals surface area contributed by atoms with Gasteiger partial charge in [-0.3, -0.25) is 4.79 Å². The third kappa shape index (κ3) is 6.20. The number of ether oxygens (including phenoxy) is 3. The van der Waals surface area contributed by atoms with Gasteiger partial charge in [0, 0.05) is 22.2 Å². The third-order valence-electron chi connectivity index (χ3n) is 6.50. The maximum atomic E-state index is 13.8. The number of carboxylic acids is 1. The van der Waals surface area contributed by atoms with E-state index >= 15 is 0 Å². The van der Waals surface area contributed by atoms with Crippen molar-refractivity contribution >= 4 is 34.7 Å². The van der Waals surface area contributed by atoms with Crippen molar-refractivity contribution < 1.29 is 24.1 Å². The molecule has 10 heteroatoms. The zero-order valence-corrected chi connectivity index (χ0v) is 24.5. The lowest BCUT2D eigenvalue weighted by Gasteiger charge is -2.18. The molecule has 9 nitrogen and oxygen atoms in total. The van der Waals surface area contributed by atoms with Crippen LogP contribution in [0.25, 0.3) is 22.3 Å². The first kappa shape index (κ1) is 29.6. The molecule has 1 N–H and O–H groups in total. The quantitative estimate of drug-likeness (QED) is 0.220. The molecule has 0 aliphatic carbocycles. The molecule has 3 aromatic carbocycles. The first-order valence-electron chi connectivity index (χ1n) is 13.2. The SMILES string of the molecule is CCOc1cc(C)c(-c2nc3ccccc3c(=O)n2N=Cc2cc(Cl)cc(OC)c2O[C@H](C)C(=O)O)cc1C(C)C. The summed E-state index contributed by atoms with van der Waals surface area (Å²) < 4.78 is 18.2. The molecule has 1 heterocycles. The van der Waals surface area contributed by atoms with E-state index in [1.54, 1.807) is 24.3 Å². The summed E-state index contributed by atoms with van der Waals surface area (Å²) in [5, 5.41) is 14.7. The number of nitrogens with zero attached hydrogens (tertiary/aromatic N) is 3. The molecule has 0 aliphatic heterocycles. The second-order valence-electron chi connectivity index (χ2n) is 9.73. The lowest BCUT2D eigenvalue weighted by Crippen LogP contribution is -2.24. The van der Waals surface area contributed by atoms with Crippen molar-refractivity contribution in [1.29, 1.82) is 0 Å². The largest absolute Gasteiger partial charge is 0.494 e. The summed E-state index contributed by atoms with van der Waals surface area (Å²) in [6.45, 7) is 9.93. The highest BCUT2D eigenvalue weighted by molar-refractivity contribution is 6.31. The number of aliphatic carboxylic acids is 1. The van der Waals surface area contributed by atoms with Crippen LogP contribution in [0.1, 0.15) is 50.3 Å². The highest BCUT2D eigenvalue weighted by Gasteiger charge is 2.21. The number of carbonyl (C=O) groups is 1. The van der Waals surface area contributed by atoms with Crippen molar-refractivity contribution in [3.05, 3.63) is 80.6 Å². The third-order valence-corrected chi connectivity index (χ3v) is 6.71. The summed E-state index contributed by atoms with van der Waals surface area (Å²) in [5.74, 6) is 0.451. The van der Waals surface area contributed by atoms with Crippen molar-refractivity contribution in [2.75, 3.05) is 13.7 Å². The molecule has 0 saturated carbocycles. The number of benzene rings is 3. The fourth-order valence-corrected chi connectivity index (χ4v) is 4.60. The lowest BCUT2D eigenvalue weighted by atomic mass is 9.96. The Morgan fingerprint density at radius 3 is 2.54 bits per heavy atom. The normalized spacial score (nSPS) is 12.2. The lowest BCUT2D eigenvalue weighted by molar-refractivity contribution is -0.144. The minimum atomic E-state index is -1.18. The molecule has 4 aromatic rings. The second kappa shape index (κ2) is 12.4. The molecule has 41 heavy (non-hydrogen) atoms. The van der Waals surface area contributed by atoms with E-state index in [0.717, 1.165) is 22.4 Å². The van der Waals surface area contributed by atoms with Gasteiger partial charge in [0.05, 0.1) is 30.8 Å². The molecule has 214 valence electrons. The highest BCUT2D eigenvalue weighted by Crippen LogP contribution is 2.36. The molecule has 0 saturated heterocycles. The van der Waals surface area contributed by atoms with Crippen molar-refractivity contribution in [2.24, 2.45) is 5.10 Å². The van der Waals surface area contributed by atoms with Crippen LogP contribution in [0.4, 0.5) is 0 Å². The molecule has 4 rings (SSSR count). The molecule has 0 aliphatic rings. The van der Waals surface area contributed by atoms with Gasteiger partial charge in [-0.1, -0.05) is 37.6 Å². The summed E-state index contributed by atoms with van der Waals surface area (Å²) in [6, 6.07) is 14.1. The molecule has 0 spiro atoms. The van der Waals surface area contributed by atoms with Gasteiger partial charge in [-0.05, 0) is 68.1 Å². The van der Waals surface area contributed by atoms with E-state index in [9.17, 15) is 14.7 Å². The summed E-state index contributed by atoms with van der Waals surface area (Å²) >= 11 is 6.32. The Kier molecular flexibility index (Phi) is 8.98. The molecule has 0 amide bonds. The van der Waals surface area contributed by atoms with Gasteiger partial charge in [0.1, 0.15) is 5.75 Å². The Hall–Kier alpha value is -4.37. The zero-order valence-electron chi connectivity index (χ0n) is 23.8. The average Bonchev–Trinajstić information content (AvgIpc) is 2.93.